The van der Waals surface area contributed by atoms with Crippen molar-refractivity contribution < 1.29 is 14.2 Å². The van der Waals surface area contributed by atoms with Gasteiger partial charge in [-0.25, -0.2) is 15.0 Å². The second-order valence-corrected chi connectivity index (χ2v) is 9.33. The van der Waals surface area contributed by atoms with Gasteiger partial charge in [-0.1, -0.05) is 35.3 Å². The fraction of sp³-hybridized carbons (Fsp3) is 0.269. The van der Waals surface area contributed by atoms with E-state index in [2.05, 4.69) is 15.6 Å². The second-order valence-electron chi connectivity index (χ2n) is 8.58. The molecule has 192 valence electrons. The van der Waals surface area contributed by atoms with Crippen LogP contribution in [0, 0.1) is 0 Å². The molecule has 1 aliphatic rings. The number of nitrogen functional groups attached to an aromatic ring is 1. The average Bonchev–Trinajstić information content (AvgIpc) is 3.41. The standard InChI is InChI=1S/C26H26Cl2N6O3/c1-35-19-10-20(36-2)23(28)21(22(19)27)18-9-15-12-31-26(32-17-6-7-37-13-17)34-24(15)25(33-18)30-11-14-4-3-5-16(29)8-14/h3-5,8-10,12,17H,6-7,11,13,29H2,1-2H3,(H,30,33)(H,31,32,34). The number of aromatic nitrogens is 3. The van der Waals surface area contributed by atoms with Crippen LogP contribution in [-0.4, -0.2) is 48.4 Å². The largest absolute Gasteiger partial charge is 0.495 e. The number of ether oxygens (including phenoxy) is 3. The van der Waals surface area contributed by atoms with Crippen molar-refractivity contribution in [1.29, 1.82) is 0 Å². The summed E-state index contributed by atoms with van der Waals surface area (Å²) < 4.78 is 16.4. The quantitative estimate of drug-likeness (QED) is 0.252. The third kappa shape index (κ3) is 5.29. The minimum Gasteiger partial charge on any atom is -0.495 e. The lowest BCUT2D eigenvalue weighted by Gasteiger charge is -2.17. The van der Waals surface area contributed by atoms with Gasteiger partial charge >= 0.3 is 0 Å². The third-order valence-electron chi connectivity index (χ3n) is 6.07. The van der Waals surface area contributed by atoms with Crippen LogP contribution in [0.1, 0.15) is 12.0 Å². The molecule has 0 saturated carbocycles. The molecule has 1 aliphatic heterocycles. The molecule has 2 aromatic heterocycles. The van der Waals surface area contributed by atoms with Gasteiger partial charge in [-0.15, -0.1) is 0 Å². The van der Waals surface area contributed by atoms with E-state index in [9.17, 15) is 0 Å². The van der Waals surface area contributed by atoms with Crippen molar-refractivity contribution in [3.8, 4) is 22.8 Å². The number of halogens is 2. The van der Waals surface area contributed by atoms with Crippen molar-refractivity contribution in [3.05, 3.63) is 58.2 Å². The Morgan fingerprint density at radius 3 is 2.54 bits per heavy atom. The van der Waals surface area contributed by atoms with Crippen molar-refractivity contribution in [2.75, 3.05) is 43.8 Å². The van der Waals surface area contributed by atoms with Gasteiger partial charge in [-0.05, 0) is 30.2 Å². The van der Waals surface area contributed by atoms with Crippen molar-refractivity contribution in [1.82, 2.24) is 15.0 Å². The first kappa shape index (κ1) is 25.1. The molecule has 0 radical (unpaired) electrons. The van der Waals surface area contributed by atoms with Crippen LogP contribution < -0.4 is 25.8 Å². The maximum Gasteiger partial charge on any atom is 0.223 e. The van der Waals surface area contributed by atoms with E-state index in [1.54, 1.807) is 12.3 Å². The van der Waals surface area contributed by atoms with Gasteiger partial charge in [0.1, 0.15) is 17.0 Å². The van der Waals surface area contributed by atoms with E-state index in [1.807, 2.05) is 30.3 Å². The molecular formula is C26H26Cl2N6O3. The number of rotatable bonds is 8. The zero-order chi connectivity index (χ0) is 25.9. The molecule has 3 heterocycles. The molecule has 0 spiro atoms. The SMILES string of the molecule is COc1cc(OC)c(Cl)c(-c2cc3cnc(NC4CCOC4)nc3c(NCc3cccc(N)c3)n2)c1Cl. The number of hydrogen-bond acceptors (Lipinski definition) is 9. The Bertz CT molecular complexity index is 1420. The van der Waals surface area contributed by atoms with Crippen LogP contribution in [0.3, 0.4) is 0 Å². The lowest BCUT2D eigenvalue weighted by molar-refractivity contribution is 0.195. The second kappa shape index (κ2) is 10.8. The van der Waals surface area contributed by atoms with Crippen molar-refractivity contribution >= 4 is 51.6 Å². The zero-order valence-corrected chi connectivity index (χ0v) is 21.9. The van der Waals surface area contributed by atoms with Gasteiger partial charge in [-0.3, -0.25) is 0 Å². The first-order chi connectivity index (χ1) is 18.0. The normalized spacial score (nSPS) is 15.1. The highest BCUT2D eigenvalue weighted by atomic mass is 35.5. The topological polar surface area (TPSA) is 116 Å². The number of methoxy groups -OCH3 is 2. The number of nitrogens with two attached hydrogens (primary N) is 1. The molecule has 1 fully saturated rings. The Labute approximate surface area is 224 Å². The molecule has 0 aliphatic carbocycles. The molecule has 5 rings (SSSR count). The van der Waals surface area contributed by atoms with Crippen molar-refractivity contribution in [2.24, 2.45) is 0 Å². The molecule has 11 heteroatoms. The summed E-state index contributed by atoms with van der Waals surface area (Å²) in [5, 5.41) is 8.14. The van der Waals surface area contributed by atoms with E-state index >= 15 is 0 Å². The van der Waals surface area contributed by atoms with E-state index in [0.717, 1.165) is 17.4 Å². The first-order valence-corrected chi connectivity index (χ1v) is 12.4. The van der Waals surface area contributed by atoms with Gasteiger partial charge < -0.3 is 30.6 Å². The smallest absolute Gasteiger partial charge is 0.223 e. The van der Waals surface area contributed by atoms with E-state index < -0.39 is 0 Å². The van der Waals surface area contributed by atoms with E-state index in [1.165, 1.54) is 14.2 Å². The monoisotopic (exact) mass is 540 g/mol. The molecule has 37 heavy (non-hydrogen) atoms. The fourth-order valence-electron chi connectivity index (χ4n) is 4.19. The predicted molar refractivity (Wildman–Crippen MR) is 147 cm³/mol. The summed E-state index contributed by atoms with van der Waals surface area (Å²) in [5.41, 5.74) is 9.29. The number of pyridine rings is 1. The Morgan fingerprint density at radius 2 is 1.86 bits per heavy atom. The fourth-order valence-corrected chi connectivity index (χ4v) is 4.88. The van der Waals surface area contributed by atoms with Crippen LogP contribution in [0.4, 0.5) is 17.5 Å². The first-order valence-electron chi connectivity index (χ1n) is 11.7. The van der Waals surface area contributed by atoms with Crippen molar-refractivity contribution in [3.63, 3.8) is 0 Å². The number of fused-ring (bicyclic) bond motifs is 1. The van der Waals surface area contributed by atoms with Gasteiger partial charge in [0.05, 0.1) is 42.6 Å². The number of benzene rings is 2. The molecule has 4 N–H and O–H groups in total. The molecule has 4 aromatic rings. The summed E-state index contributed by atoms with van der Waals surface area (Å²) >= 11 is 13.4. The number of nitrogens with zero attached hydrogens (tertiary/aromatic N) is 3. The summed E-state index contributed by atoms with van der Waals surface area (Å²) in [5.74, 6) is 1.88. The molecule has 1 unspecified atom stereocenters. The summed E-state index contributed by atoms with van der Waals surface area (Å²) in [6.45, 7) is 1.81. The maximum atomic E-state index is 6.70. The van der Waals surface area contributed by atoms with Crippen LogP contribution in [-0.2, 0) is 11.3 Å². The zero-order valence-electron chi connectivity index (χ0n) is 20.3. The van der Waals surface area contributed by atoms with Crippen LogP contribution in [0.15, 0.2) is 42.6 Å². The minimum atomic E-state index is 0.162. The lowest BCUT2D eigenvalue weighted by Crippen LogP contribution is -2.20. The van der Waals surface area contributed by atoms with Crippen LogP contribution in [0.5, 0.6) is 11.5 Å². The van der Waals surface area contributed by atoms with Gasteiger partial charge in [0.15, 0.2) is 5.82 Å². The number of anilines is 3. The molecule has 1 atom stereocenters. The predicted octanol–water partition coefficient (Wildman–Crippen LogP) is 5.41. The highest BCUT2D eigenvalue weighted by Gasteiger charge is 2.22. The molecular weight excluding hydrogens is 515 g/mol. The van der Waals surface area contributed by atoms with Gasteiger partial charge in [0, 0.05) is 42.1 Å². The lowest BCUT2D eigenvalue weighted by atomic mass is 10.1. The number of hydrogen-bond donors (Lipinski definition) is 3. The Kier molecular flexibility index (Phi) is 7.36. The van der Waals surface area contributed by atoms with E-state index in [-0.39, 0.29) is 6.04 Å². The van der Waals surface area contributed by atoms with Crippen LogP contribution in [0.2, 0.25) is 10.0 Å². The maximum absolute atomic E-state index is 6.70. The summed E-state index contributed by atoms with van der Waals surface area (Å²) in [6, 6.07) is 11.3. The Morgan fingerprint density at radius 1 is 1.08 bits per heavy atom. The third-order valence-corrected chi connectivity index (χ3v) is 6.82. The van der Waals surface area contributed by atoms with Gasteiger partial charge in [-0.2, -0.15) is 0 Å². The molecule has 0 bridgehead atoms. The van der Waals surface area contributed by atoms with Crippen molar-refractivity contribution in [2.45, 2.75) is 19.0 Å². The minimum absolute atomic E-state index is 0.162. The van der Waals surface area contributed by atoms with Crippen LogP contribution in [0.25, 0.3) is 22.2 Å². The average molecular weight is 541 g/mol. The Hall–Kier alpha value is -3.53. The number of nitrogens with one attached hydrogen (secondary N) is 2. The Balaban J connectivity index is 1.62. The van der Waals surface area contributed by atoms with E-state index in [4.69, 9.17) is 53.1 Å². The van der Waals surface area contributed by atoms with E-state index in [0.29, 0.717) is 75.5 Å². The molecule has 9 nitrogen and oxygen atoms in total. The summed E-state index contributed by atoms with van der Waals surface area (Å²) in [6.07, 6.45) is 2.64. The summed E-state index contributed by atoms with van der Waals surface area (Å²) in [4.78, 5) is 14.2. The highest BCUT2D eigenvalue weighted by molar-refractivity contribution is 6.41. The molecule has 2 aromatic carbocycles. The molecule has 0 amide bonds. The molecule has 1 saturated heterocycles. The van der Waals surface area contributed by atoms with Crippen LogP contribution >= 0.6 is 23.2 Å². The van der Waals surface area contributed by atoms with Gasteiger partial charge in [0.25, 0.3) is 0 Å². The highest BCUT2D eigenvalue weighted by Crippen LogP contribution is 2.46. The summed E-state index contributed by atoms with van der Waals surface area (Å²) in [7, 11) is 3.06. The van der Waals surface area contributed by atoms with Gasteiger partial charge in [0.2, 0.25) is 5.95 Å².